The Hall–Kier alpha value is -2.15. The van der Waals surface area contributed by atoms with Crippen molar-refractivity contribution in [1.29, 1.82) is 0 Å². The molecule has 0 bridgehead atoms. The molecule has 2 aromatic carbocycles. The Morgan fingerprint density at radius 1 is 1.00 bits per heavy atom. The molecule has 3 rings (SSSR count). The highest BCUT2D eigenvalue weighted by Crippen LogP contribution is 2.54. The lowest BCUT2D eigenvalue weighted by Gasteiger charge is -1.96. The van der Waals surface area contributed by atoms with E-state index in [9.17, 15) is 23.3 Å². The van der Waals surface area contributed by atoms with E-state index < -0.39 is 20.9 Å². The van der Waals surface area contributed by atoms with Gasteiger partial charge in [0.25, 0.3) is 5.69 Å². The first-order valence-electron chi connectivity index (χ1n) is 5.58. The monoisotopic (exact) mass is 298 g/mol. The van der Waals surface area contributed by atoms with Gasteiger partial charge in [0.2, 0.25) is 0 Å². The van der Waals surface area contributed by atoms with Crippen LogP contribution in [0, 0.1) is 10.1 Å². The fourth-order valence-corrected chi connectivity index (χ4v) is 4.20. The number of nitro groups is 1. The number of rotatable bonds is 1. The van der Waals surface area contributed by atoms with E-state index in [-0.39, 0.29) is 15.1 Å². The molecule has 102 valence electrons. The molecule has 0 radical (unpaired) electrons. The van der Waals surface area contributed by atoms with Crippen LogP contribution >= 0.6 is 10.5 Å². The van der Waals surface area contributed by atoms with Crippen LogP contribution in [0.25, 0.3) is 20.2 Å². The summed E-state index contributed by atoms with van der Waals surface area (Å²) in [5.74, 6) is 0. The number of nitro benzene ring substituents is 1. The number of non-ortho nitro benzene ring substituents is 1. The molecule has 0 spiro atoms. The average molecular weight is 298 g/mol. The maximum Gasteiger partial charge on any atom is 0.601 e. The maximum absolute atomic E-state index is 13.3. The van der Waals surface area contributed by atoms with Crippen molar-refractivity contribution < 1.29 is 18.1 Å². The van der Waals surface area contributed by atoms with Crippen molar-refractivity contribution in [2.75, 3.05) is 0 Å². The fraction of sp³-hybridized carbons (Fsp3) is 0.0769. The zero-order valence-corrected chi connectivity index (χ0v) is 10.7. The van der Waals surface area contributed by atoms with E-state index in [2.05, 4.69) is 0 Å². The Kier molecular flexibility index (Phi) is 2.68. The number of hydrogen-bond donors (Lipinski definition) is 0. The van der Waals surface area contributed by atoms with Crippen molar-refractivity contribution in [3.05, 3.63) is 52.6 Å². The quantitative estimate of drug-likeness (QED) is 0.355. The van der Waals surface area contributed by atoms with Gasteiger partial charge >= 0.3 is 5.51 Å². The van der Waals surface area contributed by atoms with Crippen molar-refractivity contribution in [2.45, 2.75) is 5.51 Å². The predicted octanol–water partition coefficient (Wildman–Crippen LogP) is 5.13. The van der Waals surface area contributed by atoms with Gasteiger partial charge in [-0.2, -0.15) is 0 Å². The van der Waals surface area contributed by atoms with E-state index in [4.69, 9.17) is 0 Å². The van der Waals surface area contributed by atoms with Crippen LogP contribution in [0.4, 0.5) is 18.9 Å². The predicted molar refractivity (Wildman–Crippen MR) is 71.9 cm³/mol. The van der Waals surface area contributed by atoms with E-state index in [0.29, 0.717) is 10.8 Å². The Morgan fingerprint density at radius 2 is 1.65 bits per heavy atom. The first-order valence-corrected chi connectivity index (χ1v) is 6.81. The third-order valence-corrected chi connectivity index (χ3v) is 5.08. The molecule has 0 aliphatic carbocycles. The minimum absolute atomic E-state index is 0.101. The van der Waals surface area contributed by atoms with E-state index in [1.165, 1.54) is 18.2 Å². The van der Waals surface area contributed by atoms with Crippen LogP contribution in [0.1, 0.15) is 0 Å². The molecular weight excluding hydrogens is 291 g/mol. The van der Waals surface area contributed by atoms with E-state index in [1.54, 1.807) is 18.2 Å². The van der Waals surface area contributed by atoms with Crippen molar-refractivity contribution in [3.63, 3.8) is 0 Å². The third kappa shape index (κ3) is 1.82. The van der Waals surface area contributed by atoms with Crippen LogP contribution in [0.2, 0.25) is 0 Å². The van der Waals surface area contributed by atoms with Crippen molar-refractivity contribution >= 4 is 36.3 Å². The van der Waals surface area contributed by atoms with E-state index in [0.717, 1.165) is 6.07 Å². The number of nitrogens with zero attached hydrogens (tertiary/aromatic N) is 1. The zero-order chi connectivity index (χ0) is 14.5. The molecule has 1 atom stereocenters. The Labute approximate surface area is 113 Å². The molecule has 3 aromatic rings. The van der Waals surface area contributed by atoms with Gasteiger partial charge in [0.15, 0.2) is 9.40 Å². The molecule has 1 unspecified atom stereocenters. The molecule has 0 N–H and O–H groups in total. The summed E-state index contributed by atoms with van der Waals surface area (Å²) in [6.07, 6.45) is 0. The van der Waals surface area contributed by atoms with Gasteiger partial charge in [0, 0.05) is 23.6 Å². The minimum atomic E-state index is -4.39. The second kappa shape index (κ2) is 4.17. The van der Waals surface area contributed by atoms with Crippen LogP contribution in [0.15, 0.2) is 42.5 Å². The van der Waals surface area contributed by atoms with Crippen LogP contribution in [0.3, 0.4) is 0 Å². The molecule has 0 aliphatic heterocycles. The molecule has 3 nitrogen and oxygen atoms in total. The van der Waals surface area contributed by atoms with Gasteiger partial charge in [-0.05, 0) is 12.1 Å². The summed E-state index contributed by atoms with van der Waals surface area (Å²) in [6, 6.07) is 9.72. The smallest absolute Gasteiger partial charge is 0.258 e. The summed E-state index contributed by atoms with van der Waals surface area (Å²) in [7, 11) is -2.04. The Morgan fingerprint density at radius 3 is 2.30 bits per heavy atom. The Balaban J connectivity index is 2.51. The van der Waals surface area contributed by atoms with Crippen LogP contribution in [-0.4, -0.2) is 4.92 Å². The molecule has 20 heavy (non-hydrogen) atoms. The normalized spacial score (nSPS) is 13.1. The van der Waals surface area contributed by atoms with Crippen LogP contribution in [0.5, 0.6) is 0 Å². The lowest BCUT2D eigenvalue weighted by atomic mass is 10.1. The maximum atomic E-state index is 13.3. The highest BCUT2D eigenvalue weighted by atomic mass is 32.2. The fourth-order valence-electron chi connectivity index (χ4n) is 2.25. The van der Waals surface area contributed by atoms with Gasteiger partial charge in [-0.3, -0.25) is 10.1 Å². The summed E-state index contributed by atoms with van der Waals surface area (Å²) in [5, 5.41) is 11.5. The zero-order valence-electron chi connectivity index (χ0n) is 9.85. The van der Waals surface area contributed by atoms with Gasteiger partial charge < -0.3 is 0 Å². The summed E-state index contributed by atoms with van der Waals surface area (Å²) < 4.78 is 40.0. The molecular formula is C13H7F3NO2S+. The second-order valence-electron chi connectivity index (χ2n) is 4.19. The third-order valence-electron chi connectivity index (χ3n) is 3.02. The average Bonchev–Trinajstić information content (AvgIpc) is 2.71. The number of thiophene rings is 1. The van der Waals surface area contributed by atoms with Gasteiger partial charge in [-0.25, -0.2) is 0 Å². The van der Waals surface area contributed by atoms with E-state index >= 15 is 0 Å². The lowest BCUT2D eigenvalue weighted by Crippen LogP contribution is -1.95. The second-order valence-corrected chi connectivity index (χ2v) is 6.14. The van der Waals surface area contributed by atoms with Gasteiger partial charge in [0.1, 0.15) is 10.5 Å². The van der Waals surface area contributed by atoms with Gasteiger partial charge in [-0.1, -0.05) is 12.1 Å². The first-order chi connectivity index (χ1) is 9.39. The minimum Gasteiger partial charge on any atom is -0.258 e. The van der Waals surface area contributed by atoms with Crippen molar-refractivity contribution in [2.24, 2.45) is 0 Å². The SMILES string of the molecule is O=[N+]([O-])c1ccc2c(c1)c1ccccc1[s+]2C(F)(F)F. The molecule has 0 saturated carbocycles. The molecule has 7 heteroatoms. The first kappa shape index (κ1) is 12.9. The number of benzene rings is 2. The number of alkyl halides is 3. The number of hydrogen-bond acceptors (Lipinski definition) is 2. The van der Waals surface area contributed by atoms with Crippen molar-refractivity contribution in [1.82, 2.24) is 0 Å². The summed E-state index contributed by atoms with van der Waals surface area (Å²) in [5.41, 5.74) is -4.59. The summed E-state index contributed by atoms with van der Waals surface area (Å²) in [6.45, 7) is 0. The lowest BCUT2D eigenvalue weighted by molar-refractivity contribution is -0.384. The Bertz CT molecular complexity index is 839. The van der Waals surface area contributed by atoms with Crippen LogP contribution in [-0.2, 0) is 5.51 Å². The molecule has 1 heterocycles. The number of fused-ring (bicyclic) bond motifs is 3. The molecule has 0 saturated heterocycles. The van der Waals surface area contributed by atoms with Gasteiger partial charge in [-0.15, -0.1) is 13.2 Å². The summed E-state index contributed by atoms with van der Waals surface area (Å²) >= 11 is 0. The molecule has 0 aliphatic rings. The topological polar surface area (TPSA) is 43.1 Å². The van der Waals surface area contributed by atoms with Crippen LogP contribution < -0.4 is 0 Å². The van der Waals surface area contributed by atoms with E-state index in [1.807, 2.05) is 0 Å². The molecule has 1 aromatic heterocycles. The standard InChI is InChI=1S/C13H7F3NO2S/c14-13(15,16)20-11-4-2-1-3-9(11)10-7-8(17(18)19)5-6-12(10)20/h1-7H/q+1. The molecule has 0 fully saturated rings. The highest BCUT2D eigenvalue weighted by molar-refractivity contribution is 7.43. The largest absolute Gasteiger partial charge is 0.601 e. The number of halogens is 3. The highest BCUT2D eigenvalue weighted by Gasteiger charge is 2.47. The molecule has 0 amide bonds. The summed E-state index contributed by atoms with van der Waals surface area (Å²) in [4.78, 5) is 10.2. The van der Waals surface area contributed by atoms with Crippen molar-refractivity contribution in [3.8, 4) is 0 Å². The van der Waals surface area contributed by atoms with Gasteiger partial charge in [0.05, 0.1) is 10.3 Å².